The number of nitrogens with zero attached hydrogens (tertiary/aromatic N) is 2. The van der Waals surface area contributed by atoms with Gasteiger partial charge in [0.2, 0.25) is 9.84 Å². The Labute approximate surface area is 131 Å². The molecule has 0 fully saturated rings. The Balaban J connectivity index is 2.69. The summed E-state index contributed by atoms with van der Waals surface area (Å²) in [5.74, 6) is -1.15. The first-order chi connectivity index (χ1) is 9.93. The number of rotatable bonds is 4. The van der Waals surface area contributed by atoms with E-state index in [1.807, 2.05) is 0 Å². The van der Waals surface area contributed by atoms with Gasteiger partial charge in [0.15, 0.2) is 5.82 Å². The van der Waals surface area contributed by atoms with Gasteiger partial charge in [-0.15, -0.1) is 23.4 Å². The minimum atomic E-state index is -3.86. The van der Waals surface area contributed by atoms with Crippen LogP contribution in [0.3, 0.4) is 0 Å². The number of hydrogen-bond acceptors (Lipinski definition) is 6. The number of thioether (sulfide) groups is 1. The zero-order chi connectivity index (χ0) is 15.6. The van der Waals surface area contributed by atoms with E-state index >= 15 is 0 Å². The molecule has 0 aliphatic heterocycles. The highest BCUT2D eigenvalue weighted by Gasteiger charge is 2.30. The lowest BCUT2D eigenvalue weighted by molar-refractivity contribution is 0.0926. The first kappa shape index (κ1) is 15.9. The maximum Gasteiger partial charge on any atom is 0.263 e. The van der Waals surface area contributed by atoms with Crippen LogP contribution >= 0.6 is 23.4 Å². The minimum absolute atomic E-state index is 0.0878. The molecule has 0 spiro atoms. The Kier molecular flexibility index (Phi) is 4.60. The van der Waals surface area contributed by atoms with Crippen molar-refractivity contribution < 1.29 is 13.2 Å². The van der Waals surface area contributed by atoms with Crippen molar-refractivity contribution in [2.75, 3.05) is 17.9 Å². The molecule has 0 atom stereocenters. The van der Waals surface area contributed by atoms with Gasteiger partial charge in [-0.3, -0.25) is 4.79 Å². The van der Waals surface area contributed by atoms with Crippen molar-refractivity contribution in [3.05, 3.63) is 30.3 Å². The first-order valence-electron chi connectivity index (χ1n) is 5.75. The van der Waals surface area contributed by atoms with E-state index in [0.29, 0.717) is 0 Å². The van der Waals surface area contributed by atoms with Crippen LogP contribution < -0.4 is 5.73 Å². The summed E-state index contributed by atoms with van der Waals surface area (Å²) in [6.45, 7) is 0. The van der Waals surface area contributed by atoms with Gasteiger partial charge in [-0.05, 0) is 18.4 Å². The summed E-state index contributed by atoms with van der Waals surface area (Å²) < 4.78 is 26.2. The maximum absolute atomic E-state index is 12.7. The van der Waals surface area contributed by atoms with Crippen LogP contribution in [0, 0.1) is 0 Å². The van der Waals surface area contributed by atoms with Crippen molar-refractivity contribution >= 4 is 44.9 Å². The highest BCUT2D eigenvalue weighted by Crippen LogP contribution is 2.33. The number of aromatic nitrogens is 2. The maximum atomic E-state index is 12.7. The van der Waals surface area contributed by atoms with Crippen molar-refractivity contribution in [2.24, 2.45) is 0 Å². The topological polar surface area (TPSA) is 95.0 Å². The molecular formula is C12H12ClN3O3S2. The smallest absolute Gasteiger partial charge is 0.263 e. The van der Waals surface area contributed by atoms with Gasteiger partial charge in [0.25, 0.3) is 5.91 Å². The number of hydrogen-bond donors (Lipinski definition) is 1. The molecule has 2 rings (SSSR count). The number of nitrogen functional groups attached to an aromatic ring is 1. The first-order valence-corrected chi connectivity index (χ1v) is 8.99. The molecule has 0 bridgehead atoms. The Hall–Kier alpha value is -1.51. The van der Waals surface area contributed by atoms with E-state index < -0.39 is 15.7 Å². The van der Waals surface area contributed by atoms with Crippen molar-refractivity contribution in [3.8, 4) is 0 Å². The molecule has 0 unspecified atom stereocenters. The minimum Gasteiger partial charge on any atom is -0.382 e. The van der Waals surface area contributed by atoms with Crippen molar-refractivity contribution in [3.63, 3.8) is 0 Å². The van der Waals surface area contributed by atoms with Gasteiger partial charge in [-0.25, -0.2) is 8.42 Å². The van der Waals surface area contributed by atoms with Crippen LogP contribution in [0.25, 0.3) is 0 Å². The molecule has 0 aliphatic carbocycles. The second kappa shape index (κ2) is 6.08. The lowest BCUT2D eigenvalue weighted by Gasteiger charge is -2.05. The summed E-state index contributed by atoms with van der Waals surface area (Å²) in [7, 11) is -3.86. The van der Waals surface area contributed by atoms with Crippen LogP contribution in [-0.2, 0) is 9.84 Å². The Morgan fingerprint density at radius 3 is 2.52 bits per heavy atom. The van der Waals surface area contributed by atoms with E-state index in [9.17, 15) is 13.2 Å². The fraction of sp³-hybridized carbons (Fsp3) is 0.167. The molecule has 112 valence electrons. The SMILES string of the molecule is CSc1nn(C(=O)CCl)c(N)c1S(=O)(=O)c1ccccc1. The van der Waals surface area contributed by atoms with E-state index in [0.717, 1.165) is 16.4 Å². The monoisotopic (exact) mass is 345 g/mol. The lowest BCUT2D eigenvalue weighted by atomic mass is 10.4. The van der Waals surface area contributed by atoms with Crippen molar-refractivity contribution in [1.82, 2.24) is 9.78 Å². The third-order valence-electron chi connectivity index (χ3n) is 2.71. The molecule has 6 nitrogen and oxygen atoms in total. The molecule has 0 amide bonds. The van der Waals surface area contributed by atoms with E-state index in [-0.39, 0.29) is 26.5 Å². The second-order valence-electron chi connectivity index (χ2n) is 3.98. The molecule has 0 radical (unpaired) electrons. The van der Waals surface area contributed by atoms with E-state index in [4.69, 9.17) is 17.3 Å². The van der Waals surface area contributed by atoms with Gasteiger partial charge >= 0.3 is 0 Å². The summed E-state index contributed by atoms with van der Waals surface area (Å²) in [6, 6.07) is 7.84. The number of carbonyl (C=O) groups is 1. The molecule has 1 aromatic carbocycles. The summed E-state index contributed by atoms with van der Waals surface area (Å²) in [6.07, 6.45) is 1.65. The van der Waals surface area contributed by atoms with Gasteiger partial charge < -0.3 is 5.73 Å². The van der Waals surface area contributed by atoms with Crippen LogP contribution in [-0.4, -0.2) is 36.2 Å². The molecule has 0 saturated heterocycles. The normalized spacial score (nSPS) is 11.5. The summed E-state index contributed by atoms with van der Waals surface area (Å²) >= 11 is 6.57. The van der Waals surface area contributed by atoms with Crippen LogP contribution in [0.5, 0.6) is 0 Å². The average Bonchev–Trinajstić information content (AvgIpc) is 2.84. The third-order valence-corrected chi connectivity index (χ3v) is 5.58. The number of sulfone groups is 1. The zero-order valence-electron chi connectivity index (χ0n) is 11.0. The van der Waals surface area contributed by atoms with E-state index in [2.05, 4.69) is 5.10 Å². The van der Waals surface area contributed by atoms with Crippen LogP contribution in [0.4, 0.5) is 5.82 Å². The third kappa shape index (κ3) is 2.78. The molecule has 2 N–H and O–H groups in total. The quantitative estimate of drug-likeness (QED) is 0.671. The number of benzene rings is 1. The number of nitrogens with two attached hydrogens (primary N) is 1. The lowest BCUT2D eigenvalue weighted by Crippen LogP contribution is -2.17. The fourth-order valence-corrected chi connectivity index (χ4v) is 4.28. The molecule has 9 heteroatoms. The standard InChI is InChI=1S/C12H12ClN3O3S2/c1-20-12-10(11(14)16(15-12)9(17)7-13)21(18,19)8-5-3-2-4-6-8/h2-6H,7,14H2,1H3. The summed E-state index contributed by atoms with van der Waals surface area (Å²) in [5, 5.41) is 4.09. The van der Waals surface area contributed by atoms with Crippen LogP contribution in [0.15, 0.2) is 45.1 Å². The van der Waals surface area contributed by atoms with Gasteiger partial charge in [0, 0.05) is 0 Å². The largest absolute Gasteiger partial charge is 0.382 e. The van der Waals surface area contributed by atoms with Gasteiger partial charge in [-0.1, -0.05) is 18.2 Å². The molecule has 2 aromatic rings. The van der Waals surface area contributed by atoms with Gasteiger partial charge in [-0.2, -0.15) is 9.78 Å². The van der Waals surface area contributed by atoms with Gasteiger partial charge in [0.1, 0.15) is 15.8 Å². The number of carbonyl (C=O) groups excluding carboxylic acids is 1. The highest BCUT2D eigenvalue weighted by molar-refractivity contribution is 7.99. The number of halogens is 1. The van der Waals surface area contributed by atoms with E-state index in [1.54, 1.807) is 24.5 Å². The predicted octanol–water partition coefficient (Wildman–Crippen LogP) is 1.90. The highest BCUT2D eigenvalue weighted by atomic mass is 35.5. The predicted molar refractivity (Wildman–Crippen MR) is 81.7 cm³/mol. The second-order valence-corrected chi connectivity index (χ2v) is 6.93. The fourth-order valence-electron chi connectivity index (χ4n) is 1.75. The Morgan fingerprint density at radius 1 is 1.38 bits per heavy atom. The Bertz CT molecular complexity index is 773. The summed E-state index contributed by atoms with van der Waals surface area (Å²) in [5.41, 5.74) is 5.81. The molecule has 1 heterocycles. The summed E-state index contributed by atoms with van der Waals surface area (Å²) in [4.78, 5) is 11.6. The number of anilines is 1. The molecule has 0 saturated carbocycles. The number of alkyl halides is 1. The Morgan fingerprint density at radius 2 is 2.00 bits per heavy atom. The van der Waals surface area contributed by atoms with Crippen LogP contribution in [0.1, 0.15) is 4.79 Å². The average molecular weight is 346 g/mol. The van der Waals surface area contributed by atoms with Crippen molar-refractivity contribution in [1.29, 1.82) is 0 Å². The molecular weight excluding hydrogens is 334 g/mol. The zero-order valence-corrected chi connectivity index (χ0v) is 13.4. The van der Waals surface area contributed by atoms with Gasteiger partial charge in [0.05, 0.1) is 4.90 Å². The van der Waals surface area contributed by atoms with E-state index in [1.165, 1.54) is 12.1 Å². The van der Waals surface area contributed by atoms with Crippen LogP contribution in [0.2, 0.25) is 0 Å². The molecule has 21 heavy (non-hydrogen) atoms. The molecule has 1 aromatic heterocycles. The molecule has 0 aliphatic rings. The van der Waals surface area contributed by atoms with Crippen molar-refractivity contribution in [2.45, 2.75) is 14.8 Å².